The first kappa shape index (κ1) is 32.4. The molecule has 1 N–H and O–H groups in total. The van der Waals surface area contributed by atoms with Gasteiger partial charge in [0.2, 0.25) is 11.8 Å². The first-order valence-electron chi connectivity index (χ1n) is 14.5. The summed E-state index contributed by atoms with van der Waals surface area (Å²) in [5.74, 6) is -1.19. The van der Waals surface area contributed by atoms with Crippen molar-refractivity contribution >= 4 is 27.5 Å². The second-order valence-electron chi connectivity index (χ2n) is 11.0. The lowest BCUT2D eigenvalue weighted by Crippen LogP contribution is -2.53. The summed E-state index contributed by atoms with van der Waals surface area (Å²) in [6, 6.07) is 27.5. The van der Waals surface area contributed by atoms with Crippen LogP contribution in [0.15, 0.2) is 108 Å². The molecule has 0 aliphatic carbocycles. The summed E-state index contributed by atoms with van der Waals surface area (Å²) in [6.45, 7) is 5.35. The third-order valence-corrected chi connectivity index (χ3v) is 9.31. The molecule has 7 nitrogen and oxygen atoms in total. The van der Waals surface area contributed by atoms with Crippen molar-refractivity contribution in [2.75, 3.05) is 17.9 Å². The van der Waals surface area contributed by atoms with Crippen molar-refractivity contribution in [3.8, 4) is 0 Å². The SMILES string of the molecule is CNC(=O)[C@@H](Cc1ccccc1)N(Cc1ccc(F)cc1)C(=O)CN(c1ccc(C(C)C)cc1)S(=O)(=O)c1ccc(C)cc1. The quantitative estimate of drug-likeness (QED) is 0.217. The number of amides is 2. The second-order valence-corrected chi connectivity index (χ2v) is 12.9. The molecule has 4 rings (SSSR count). The molecule has 0 saturated carbocycles. The number of nitrogens with one attached hydrogen (secondary N) is 1. The number of sulfonamides is 1. The zero-order valence-electron chi connectivity index (χ0n) is 25.4. The molecule has 4 aromatic carbocycles. The zero-order chi connectivity index (χ0) is 31.9. The van der Waals surface area contributed by atoms with E-state index in [-0.39, 0.29) is 23.8 Å². The van der Waals surface area contributed by atoms with Gasteiger partial charge in [0, 0.05) is 20.0 Å². The highest BCUT2D eigenvalue weighted by Gasteiger charge is 2.34. The average Bonchev–Trinajstić information content (AvgIpc) is 3.02. The van der Waals surface area contributed by atoms with Gasteiger partial charge in [0.25, 0.3) is 10.0 Å². The van der Waals surface area contributed by atoms with Crippen LogP contribution < -0.4 is 9.62 Å². The van der Waals surface area contributed by atoms with Crippen LogP contribution in [0.5, 0.6) is 0 Å². The molecule has 0 aromatic heterocycles. The molecule has 2 amide bonds. The number of likely N-dealkylation sites (N-methyl/N-ethyl adjacent to an activating group) is 1. The Labute approximate surface area is 259 Å². The van der Waals surface area contributed by atoms with Crippen LogP contribution >= 0.6 is 0 Å². The van der Waals surface area contributed by atoms with E-state index in [2.05, 4.69) is 5.32 Å². The molecule has 4 aromatic rings. The van der Waals surface area contributed by atoms with Crippen LogP contribution in [0.4, 0.5) is 10.1 Å². The number of hydrogen-bond acceptors (Lipinski definition) is 4. The summed E-state index contributed by atoms with van der Waals surface area (Å²) >= 11 is 0. The van der Waals surface area contributed by atoms with E-state index in [1.807, 2.05) is 63.2 Å². The maximum absolute atomic E-state index is 14.3. The van der Waals surface area contributed by atoms with E-state index >= 15 is 0 Å². The van der Waals surface area contributed by atoms with Gasteiger partial charge in [-0.3, -0.25) is 13.9 Å². The molecule has 0 bridgehead atoms. The summed E-state index contributed by atoms with van der Waals surface area (Å²) in [6.07, 6.45) is 0.196. The first-order valence-corrected chi connectivity index (χ1v) is 15.9. The Hall–Kier alpha value is -4.50. The number of hydrogen-bond donors (Lipinski definition) is 1. The molecule has 0 aliphatic rings. The molecule has 9 heteroatoms. The Bertz CT molecular complexity index is 1660. The molecular formula is C35H38FN3O4S. The molecule has 0 fully saturated rings. The van der Waals surface area contributed by atoms with Crippen molar-refractivity contribution in [2.45, 2.75) is 50.6 Å². The largest absolute Gasteiger partial charge is 0.357 e. The smallest absolute Gasteiger partial charge is 0.264 e. The third kappa shape index (κ3) is 7.90. The fourth-order valence-corrected chi connectivity index (χ4v) is 6.31. The number of carbonyl (C=O) groups is 2. The van der Waals surface area contributed by atoms with Gasteiger partial charge in [0.1, 0.15) is 18.4 Å². The van der Waals surface area contributed by atoms with E-state index in [0.29, 0.717) is 11.3 Å². The monoisotopic (exact) mass is 615 g/mol. The fourth-order valence-electron chi connectivity index (χ4n) is 4.90. The molecule has 0 unspecified atom stereocenters. The van der Waals surface area contributed by atoms with Crippen molar-refractivity contribution in [1.82, 2.24) is 10.2 Å². The molecular weight excluding hydrogens is 577 g/mol. The van der Waals surface area contributed by atoms with Gasteiger partial charge >= 0.3 is 0 Å². The summed E-state index contributed by atoms with van der Waals surface area (Å²) < 4.78 is 43.0. The van der Waals surface area contributed by atoms with Gasteiger partial charge in [-0.15, -0.1) is 0 Å². The van der Waals surface area contributed by atoms with Crippen LogP contribution in [0.1, 0.15) is 42.0 Å². The van der Waals surface area contributed by atoms with Crippen LogP contribution in [0.3, 0.4) is 0 Å². The highest BCUT2D eigenvalue weighted by Crippen LogP contribution is 2.27. The van der Waals surface area contributed by atoms with Gasteiger partial charge in [-0.1, -0.05) is 86.1 Å². The minimum atomic E-state index is -4.19. The van der Waals surface area contributed by atoms with Crippen LogP contribution in [-0.2, 0) is 32.6 Å². The summed E-state index contributed by atoms with van der Waals surface area (Å²) in [5, 5.41) is 2.65. The molecule has 0 heterocycles. The number of benzene rings is 4. The van der Waals surface area contributed by atoms with Gasteiger partial charge in [-0.05, 0) is 65.9 Å². The van der Waals surface area contributed by atoms with E-state index in [1.165, 1.54) is 36.2 Å². The van der Waals surface area contributed by atoms with Crippen molar-refractivity contribution in [2.24, 2.45) is 0 Å². The molecule has 230 valence electrons. The van der Waals surface area contributed by atoms with Crippen LogP contribution in [-0.4, -0.2) is 44.8 Å². The highest BCUT2D eigenvalue weighted by atomic mass is 32.2. The first-order chi connectivity index (χ1) is 21.0. The maximum atomic E-state index is 14.3. The Morgan fingerprint density at radius 1 is 0.818 bits per heavy atom. The van der Waals surface area contributed by atoms with E-state index < -0.39 is 40.2 Å². The van der Waals surface area contributed by atoms with E-state index in [1.54, 1.807) is 36.4 Å². The summed E-state index contributed by atoms with van der Waals surface area (Å²) in [5.41, 5.74) is 3.66. The lowest BCUT2D eigenvalue weighted by molar-refractivity contribution is -0.139. The Morgan fingerprint density at radius 3 is 2.00 bits per heavy atom. The third-order valence-electron chi connectivity index (χ3n) is 7.52. The number of aryl methyl sites for hydroxylation is 1. The van der Waals surface area contributed by atoms with E-state index in [4.69, 9.17) is 0 Å². The number of rotatable bonds is 12. The Balaban J connectivity index is 1.79. The molecule has 1 atom stereocenters. The highest BCUT2D eigenvalue weighted by molar-refractivity contribution is 7.92. The molecule has 44 heavy (non-hydrogen) atoms. The minimum absolute atomic E-state index is 0.0330. The average molecular weight is 616 g/mol. The van der Waals surface area contributed by atoms with Gasteiger partial charge in [-0.25, -0.2) is 12.8 Å². The molecule has 0 saturated heterocycles. The van der Waals surface area contributed by atoms with E-state index in [9.17, 15) is 22.4 Å². The maximum Gasteiger partial charge on any atom is 0.264 e. The molecule has 0 aliphatic heterocycles. The van der Waals surface area contributed by atoms with Gasteiger partial charge in [0.15, 0.2) is 0 Å². The fraction of sp³-hybridized carbons (Fsp3) is 0.257. The van der Waals surface area contributed by atoms with Gasteiger partial charge in [0.05, 0.1) is 10.6 Å². The number of halogens is 1. The minimum Gasteiger partial charge on any atom is -0.357 e. The second kappa shape index (κ2) is 14.3. The van der Waals surface area contributed by atoms with Gasteiger partial charge in [-0.2, -0.15) is 0 Å². The van der Waals surface area contributed by atoms with Crippen LogP contribution in [0, 0.1) is 12.7 Å². The predicted octanol–water partition coefficient (Wildman–Crippen LogP) is 5.84. The predicted molar refractivity (Wildman–Crippen MR) is 171 cm³/mol. The van der Waals surface area contributed by atoms with Crippen LogP contribution in [0.25, 0.3) is 0 Å². The normalized spacial score (nSPS) is 12.0. The zero-order valence-corrected chi connectivity index (χ0v) is 26.2. The summed E-state index contributed by atoms with van der Waals surface area (Å²) in [4.78, 5) is 29.1. The Morgan fingerprint density at radius 2 is 1.43 bits per heavy atom. The molecule has 0 spiro atoms. The van der Waals surface area contributed by atoms with Crippen molar-refractivity contribution in [3.05, 3.63) is 131 Å². The van der Waals surface area contributed by atoms with E-state index in [0.717, 1.165) is 21.0 Å². The van der Waals surface area contributed by atoms with Crippen molar-refractivity contribution in [1.29, 1.82) is 0 Å². The Kier molecular flexibility index (Phi) is 10.5. The lowest BCUT2D eigenvalue weighted by Gasteiger charge is -2.33. The summed E-state index contributed by atoms with van der Waals surface area (Å²) in [7, 11) is -2.69. The lowest BCUT2D eigenvalue weighted by atomic mass is 10.0. The van der Waals surface area contributed by atoms with Gasteiger partial charge < -0.3 is 10.2 Å². The van der Waals surface area contributed by atoms with Crippen LogP contribution in [0.2, 0.25) is 0 Å². The van der Waals surface area contributed by atoms with Crippen molar-refractivity contribution < 1.29 is 22.4 Å². The number of nitrogens with zero attached hydrogens (tertiary/aromatic N) is 2. The molecule has 0 radical (unpaired) electrons. The van der Waals surface area contributed by atoms with Crippen molar-refractivity contribution in [3.63, 3.8) is 0 Å². The standard InChI is InChI=1S/C35H38FN3O4S/c1-25(2)29-14-18-31(19-15-29)39(44(42,43)32-20-10-26(3)11-21-32)24-34(40)38(23-28-12-16-30(36)17-13-28)33(35(41)37-4)22-27-8-6-5-7-9-27/h5-21,25,33H,22-24H2,1-4H3,(H,37,41)/t33-/m1/s1. The number of anilines is 1. The topological polar surface area (TPSA) is 86.8 Å². The number of carbonyl (C=O) groups excluding carboxylic acids is 2.